The van der Waals surface area contributed by atoms with Gasteiger partial charge in [-0.1, -0.05) is 114 Å². The molecule has 0 N–H and O–H groups in total. The number of benzene rings is 7. The minimum atomic E-state index is 0.622. The van der Waals surface area contributed by atoms with Gasteiger partial charge in [-0.3, -0.25) is 0 Å². The van der Waals surface area contributed by atoms with Crippen LogP contribution >= 0.6 is 0 Å². The predicted molar refractivity (Wildman–Crippen MR) is 230 cm³/mol. The lowest BCUT2D eigenvalue weighted by molar-refractivity contribution is 0.766. The molecule has 0 unspecified atom stereocenters. The van der Waals surface area contributed by atoms with Crippen LogP contribution in [0.25, 0.3) is 83.6 Å². The van der Waals surface area contributed by atoms with Crippen LogP contribution in [0, 0.1) is 0 Å². The molecule has 7 aromatic carbocycles. The summed E-state index contributed by atoms with van der Waals surface area (Å²) < 4.78 is 0. The maximum Gasteiger partial charge on any atom is 0.164 e. The Labute approximate surface area is 306 Å². The van der Waals surface area contributed by atoms with Crippen LogP contribution in [0.5, 0.6) is 0 Å². The second-order valence-electron chi connectivity index (χ2n) is 13.6. The molecule has 0 atom stereocenters. The van der Waals surface area contributed by atoms with Gasteiger partial charge in [-0.15, -0.1) is 26.6 Å². The molecule has 0 saturated carbocycles. The van der Waals surface area contributed by atoms with Crippen molar-refractivity contribution in [2.75, 3.05) is 0 Å². The molecule has 0 aliphatic carbocycles. The van der Waals surface area contributed by atoms with Crippen LogP contribution in [-0.2, 0) is 0 Å². The summed E-state index contributed by atoms with van der Waals surface area (Å²) in [6.07, 6.45) is 0. The smallest absolute Gasteiger partial charge is 0.164 e. The van der Waals surface area contributed by atoms with Crippen molar-refractivity contribution in [1.29, 1.82) is 0 Å². The van der Waals surface area contributed by atoms with E-state index in [0.29, 0.717) is 17.5 Å². The SMILES string of the molecule is Bc1c(B)c(B)c(-c2nc(-c3ccc4ccc5ccc6nn(-c7ccccc7)nc6c5c4c3)nc(-c3ccccc3-c3ccccc3)n2)c(B)c1B. The first-order chi connectivity index (χ1) is 25.4. The van der Waals surface area contributed by atoms with Gasteiger partial charge in [0.1, 0.15) is 50.3 Å². The molecular formula is C41H31B5N6. The first kappa shape index (κ1) is 31.8. The second-order valence-corrected chi connectivity index (χ2v) is 13.6. The van der Waals surface area contributed by atoms with Gasteiger partial charge >= 0.3 is 0 Å². The zero-order valence-corrected chi connectivity index (χ0v) is 29.8. The largest absolute Gasteiger partial charge is 0.208 e. The molecule has 0 radical (unpaired) electrons. The molecule has 0 bridgehead atoms. The third-order valence-electron chi connectivity index (χ3n) is 10.7. The lowest BCUT2D eigenvalue weighted by Crippen LogP contribution is -2.55. The van der Waals surface area contributed by atoms with Gasteiger partial charge in [0.25, 0.3) is 0 Å². The van der Waals surface area contributed by atoms with Crippen LogP contribution in [-0.4, -0.2) is 69.2 Å². The Balaban J connectivity index is 1.31. The lowest BCUT2D eigenvalue weighted by Gasteiger charge is -2.20. The first-order valence-electron chi connectivity index (χ1n) is 17.6. The molecule has 52 heavy (non-hydrogen) atoms. The number of nitrogens with zero attached hydrogens (tertiary/aromatic N) is 6. The van der Waals surface area contributed by atoms with Crippen LogP contribution in [0.3, 0.4) is 0 Å². The van der Waals surface area contributed by atoms with Gasteiger partial charge in [-0.2, -0.15) is 4.80 Å². The minimum absolute atomic E-state index is 0.622. The van der Waals surface area contributed by atoms with E-state index >= 15 is 0 Å². The fourth-order valence-electron chi connectivity index (χ4n) is 7.45. The van der Waals surface area contributed by atoms with Crippen molar-refractivity contribution in [2.24, 2.45) is 0 Å². The van der Waals surface area contributed by atoms with Crippen LogP contribution in [0.1, 0.15) is 0 Å². The van der Waals surface area contributed by atoms with Gasteiger partial charge in [-0.25, -0.2) is 15.0 Å². The monoisotopic (exact) mass is 662 g/mol. The second kappa shape index (κ2) is 12.5. The number of hydrogen-bond acceptors (Lipinski definition) is 5. The fourth-order valence-corrected chi connectivity index (χ4v) is 7.45. The Hall–Kier alpha value is -6.21. The molecule has 2 heterocycles. The van der Waals surface area contributed by atoms with E-state index in [9.17, 15) is 0 Å². The molecule has 0 spiro atoms. The van der Waals surface area contributed by atoms with Crippen molar-refractivity contribution >= 4 is 99.1 Å². The molecule has 6 nitrogen and oxygen atoms in total. The summed E-state index contributed by atoms with van der Waals surface area (Å²) in [5, 5.41) is 14.2. The summed E-state index contributed by atoms with van der Waals surface area (Å²) in [4.78, 5) is 17.5. The molecule has 240 valence electrons. The van der Waals surface area contributed by atoms with Crippen molar-refractivity contribution in [2.45, 2.75) is 0 Å². The quantitative estimate of drug-likeness (QED) is 0.203. The Morgan fingerprint density at radius 1 is 0.442 bits per heavy atom. The summed E-state index contributed by atoms with van der Waals surface area (Å²) >= 11 is 0. The maximum absolute atomic E-state index is 5.27. The Morgan fingerprint density at radius 2 is 1.02 bits per heavy atom. The van der Waals surface area contributed by atoms with Gasteiger partial charge in [-0.05, 0) is 51.6 Å². The molecule has 0 fully saturated rings. The molecular weight excluding hydrogens is 631 g/mol. The summed E-state index contributed by atoms with van der Waals surface area (Å²) in [6.45, 7) is 0. The zero-order chi connectivity index (χ0) is 35.5. The number of fused-ring (bicyclic) bond motifs is 5. The van der Waals surface area contributed by atoms with Crippen LogP contribution in [0.15, 0.2) is 127 Å². The number of aromatic nitrogens is 6. The molecule has 2 aromatic heterocycles. The van der Waals surface area contributed by atoms with Crippen LogP contribution < -0.4 is 27.3 Å². The molecule has 9 rings (SSSR count). The Kier molecular flexibility index (Phi) is 7.65. The number of hydrogen-bond donors (Lipinski definition) is 0. The summed E-state index contributed by atoms with van der Waals surface area (Å²) in [5.74, 6) is 1.94. The number of para-hydroxylation sites is 1. The van der Waals surface area contributed by atoms with E-state index in [1.807, 2.05) is 42.5 Å². The van der Waals surface area contributed by atoms with Crippen molar-refractivity contribution in [1.82, 2.24) is 29.9 Å². The van der Waals surface area contributed by atoms with Crippen molar-refractivity contribution < 1.29 is 0 Å². The minimum Gasteiger partial charge on any atom is -0.208 e. The highest BCUT2D eigenvalue weighted by molar-refractivity contribution is 6.68. The molecule has 0 aliphatic rings. The van der Waals surface area contributed by atoms with Crippen molar-refractivity contribution in [3.63, 3.8) is 0 Å². The third kappa shape index (κ3) is 5.23. The van der Waals surface area contributed by atoms with E-state index in [1.165, 1.54) is 27.3 Å². The van der Waals surface area contributed by atoms with E-state index in [-0.39, 0.29) is 0 Å². The van der Waals surface area contributed by atoms with E-state index in [0.717, 1.165) is 66.1 Å². The predicted octanol–water partition coefficient (Wildman–Crippen LogP) is 0.872. The highest BCUT2D eigenvalue weighted by atomic mass is 15.5. The highest BCUT2D eigenvalue weighted by Gasteiger charge is 2.21. The Bertz CT molecular complexity index is 2830. The summed E-state index contributed by atoms with van der Waals surface area (Å²) in [7, 11) is 10.9. The van der Waals surface area contributed by atoms with Gasteiger partial charge in [0.2, 0.25) is 0 Å². The Morgan fingerprint density at radius 3 is 1.77 bits per heavy atom. The van der Waals surface area contributed by atoms with E-state index < -0.39 is 0 Å². The molecule has 0 aliphatic heterocycles. The van der Waals surface area contributed by atoms with Gasteiger partial charge in [0, 0.05) is 22.1 Å². The van der Waals surface area contributed by atoms with Crippen LogP contribution in [0.2, 0.25) is 0 Å². The summed E-state index contributed by atoms with van der Waals surface area (Å²) in [6, 6.07) is 43.8. The topological polar surface area (TPSA) is 69.4 Å². The third-order valence-corrected chi connectivity index (χ3v) is 10.7. The fraction of sp³-hybridized carbons (Fsp3) is 0. The van der Waals surface area contributed by atoms with Gasteiger partial charge in [0.05, 0.1) is 5.69 Å². The van der Waals surface area contributed by atoms with Gasteiger partial charge < -0.3 is 0 Å². The zero-order valence-electron chi connectivity index (χ0n) is 29.8. The molecule has 0 saturated heterocycles. The van der Waals surface area contributed by atoms with Crippen molar-refractivity contribution in [3.8, 4) is 51.0 Å². The average Bonchev–Trinajstić information content (AvgIpc) is 3.64. The maximum atomic E-state index is 5.27. The van der Waals surface area contributed by atoms with Gasteiger partial charge in [0.15, 0.2) is 17.5 Å². The lowest BCUT2D eigenvalue weighted by atomic mass is 9.60. The molecule has 11 heteroatoms. The normalized spacial score (nSPS) is 11.5. The van der Waals surface area contributed by atoms with E-state index in [4.69, 9.17) is 25.1 Å². The number of rotatable bonds is 5. The molecule has 9 aromatic rings. The van der Waals surface area contributed by atoms with Crippen LogP contribution in [0.4, 0.5) is 0 Å². The van der Waals surface area contributed by atoms with Crippen molar-refractivity contribution in [3.05, 3.63) is 127 Å². The van der Waals surface area contributed by atoms with E-state index in [1.54, 1.807) is 4.80 Å². The average molecular weight is 662 g/mol. The first-order valence-corrected chi connectivity index (χ1v) is 17.6. The highest BCUT2D eigenvalue weighted by Crippen LogP contribution is 2.35. The summed E-state index contributed by atoms with van der Waals surface area (Å²) in [5.41, 5.74) is 13.9. The molecule has 0 amide bonds. The van der Waals surface area contributed by atoms with E-state index in [2.05, 4.69) is 124 Å². The standard InChI is InChI=1S/C41H31B5N6/c42-33-32(34(43)36(45)37(46)35(33)44)41-48-39(47-40(49-41)28-14-8-7-13-27(28)22-9-3-1-4-10-22)25-18-16-23-15-17-24-19-20-30-38(31(24)29(23)21-25)51-52(50-30)26-11-5-2-6-12-26/h1-21H,42-46H2.